The number of halogens is 2. The van der Waals surface area contributed by atoms with Crippen LogP contribution in [0.2, 0.25) is 0 Å². The van der Waals surface area contributed by atoms with Crippen LogP contribution in [0.5, 0.6) is 5.75 Å². The molecule has 1 aliphatic rings. The predicted molar refractivity (Wildman–Crippen MR) is 92.6 cm³/mol. The molecule has 0 saturated carbocycles. The van der Waals surface area contributed by atoms with E-state index in [1.165, 1.54) is 31.4 Å². The van der Waals surface area contributed by atoms with Gasteiger partial charge in [-0.1, -0.05) is 6.07 Å². The molecule has 1 N–H and O–H groups in total. The number of anilines is 2. The highest BCUT2D eigenvalue weighted by Gasteiger charge is 2.46. The fourth-order valence-corrected chi connectivity index (χ4v) is 2.54. The summed E-state index contributed by atoms with van der Waals surface area (Å²) in [6.45, 7) is -0.885. The lowest BCUT2D eigenvalue weighted by Crippen LogP contribution is -2.39. The topological polar surface area (TPSA) is 96.0 Å². The van der Waals surface area contributed by atoms with E-state index in [0.29, 0.717) is 15.5 Å². The molecule has 144 valence electrons. The fourth-order valence-electron chi connectivity index (χ4n) is 2.54. The molecule has 0 aromatic heterocycles. The van der Waals surface area contributed by atoms with E-state index in [0.717, 1.165) is 18.2 Å². The van der Waals surface area contributed by atoms with Crippen LogP contribution in [0.1, 0.15) is 0 Å². The van der Waals surface area contributed by atoms with Gasteiger partial charge in [-0.2, -0.15) is 0 Å². The van der Waals surface area contributed by atoms with E-state index in [2.05, 4.69) is 0 Å². The number of nitrogens with zero attached hydrogens (tertiary/aromatic N) is 2. The Labute approximate surface area is 157 Å². The van der Waals surface area contributed by atoms with E-state index in [1.807, 2.05) is 5.32 Å². The molecule has 0 bridgehead atoms. The van der Waals surface area contributed by atoms with Crippen molar-refractivity contribution in [3.63, 3.8) is 0 Å². The number of amides is 5. The van der Waals surface area contributed by atoms with Crippen molar-refractivity contribution in [2.24, 2.45) is 0 Å². The summed E-state index contributed by atoms with van der Waals surface area (Å²) < 4.78 is 32.2. The molecule has 3 rings (SSSR count). The van der Waals surface area contributed by atoms with Gasteiger partial charge in [0.25, 0.3) is 0 Å². The molecule has 1 heterocycles. The number of methoxy groups -OCH3 is 1. The van der Waals surface area contributed by atoms with Gasteiger partial charge in [-0.05, 0) is 36.4 Å². The van der Waals surface area contributed by atoms with Gasteiger partial charge < -0.3 is 10.1 Å². The maximum absolute atomic E-state index is 13.6. The van der Waals surface area contributed by atoms with Crippen molar-refractivity contribution in [3.8, 4) is 5.75 Å². The summed E-state index contributed by atoms with van der Waals surface area (Å²) in [5.41, 5.74) is -0.614. The molecular formula is C18H13F2N3O5. The predicted octanol–water partition coefficient (Wildman–Crippen LogP) is 1.91. The highest BCUT2D eigenvalue weighted by Crippen LogP contribution is 2.25. The number of hydrogen-bond donors (Lipinski definition) is 1. The van der Waals surface area contributed by atoms with Gasteiger partial charge in [0.2, 0.25) is 5.91 Å². The maximum Gasteiger partial charge on any atom is 0.339 e. The minimum atomic E-state index is -1.23. The molecule has 1 saturated heterocycles. The summed E-state index contributed by atoms with van der Waals surface area (Å²) in [7, 11) is 1.43. The Morgan fingerprint density at radius 2 is 1.61 bits per heavy atom. The minimum absolute atomic E-state index is 0.104. The number of imide groups is 2. The Morgan fingerprint density at radius 1 is 1.00 bits per heavy atom. The molecule has 0 radical (unpaired) electrons. The van der Waals surface area contributed by atoms with Crippen LogP contribution >= 0.6 is 0 Å². The van der Waals surface area contributed by atoms with Crippen molar-refractivity contribution < 1.29 is 32.7 Å². The third kappa shape index (κ3) is 3.39. The molecule has 0 aliphatic carbocycles. The molecular weight excluding hydrogens is 376 g/mol. The Balaban J connectivity index is 1.77. The number of carbonyl (C=O) groups excluding carboxylic acids is 4. The number of rotatable bonds is 5. The third-order valence-electron chi connectivity index (χ3n) is 3.91. The first-order chi connectivity index (χ1) is 13.3. The summed E-state index contributed by atoms with van der Waals surface area (Å²) in [5.74, 6) is -5.01. The van der Waals surface area contributed by atoms with Crippen molar-refractivity contribution in [2.45, 2.75) is 0 Å². The first-order valence-corrected chi connectivity index (χ1v) is 7.91. The third-order valence-corrected chi connectivity index (χ3v) is 3.91. The molecule has 2 aromatic rings. The van der Waals surface area contributed by atoms with Crippen LogP contribution in [0.15, 0.2) is 42.5 Å². The molecule has 1 aliphatic heterocycles. The zero-order valence-electron chi connectivity index (χ0n) is 14.4. The van der Waals surface area contributed by atoms with Crippen molar-refractivity contribution in [1.29, 1.82) is 0 Å². The zero-order chi connectivity index (χ0) is 20.4. The largest absolute Gasteiger partial charge is 0.497 e. The average molecular weight is 389 g/mol. The van der Waals surface area contributed by atoms with Gasteiger partial charge in [0.15, 0.2) is 0 Å². The quantitative estimate of drug-likeness (QED) is 0.623. The average Bonchev–Trinajstić information content (AvgIpc) is 2.88. The number of carbonyl (C=O) groups is 4. The van der Waals surface area contributed by atoms with Gasteiger partial charge in [-0.25, -0.2) is 23.4 Å². The van der Waals surface area contributed by atoms with E-state index in [-0.39, 0.29) is 5.69 Å². The smallest absolute Gasteiger partial charge is 0.339 e. The van der Waals surface area contributed by atoms with E-state index in [1.54, 1.807) is 0 Å². The van der Waals surface area contributed by atoms with Crippen LogP contribution in [0, 0.1) is 11.6 Å². The molecule has 2 aromatic carbocycles. The summed E-state index contributed by atoms with van der Waals surface area (Å²) in [4.78, 5) is 49.8. The number of benzene rings is 2. The summed E-state index contributed by atoms with van der Waals surface area (Å²) >= 11 is 0. The SMILES string of the molecule is COc1ccc(N2C(=O)C(=O)N(CC(=O)Nc3c(F)cccc3F)C2=O)cc1. The van der Waals surface area contributed by atoms with Crippen molar-refractivity contribution in [3.05, 3.63) is 54.1 Å². The van der Waals surface area contributed by atoms with Crippen molar-refractivity contribution in [1.82, 2.24) is 4.90 Å². The second-order valence-corrected chi connectivity index (χ2v) is 5.66. The van der Waals surface area contributed by atoms with Crippen molar-refractivity contribution >= 4 is 35.1 Å². The van der Waals surface area contributed by atoms with Crippen molar-refractivity contribution in [2.75, 3.05) is 23.9 Å². The highest BCUT2D eigenvalue weighted by molar-refractivity contribution is 6.53. The monoisotopic (exact) mass is 389 g/mol. The molecule has 0 unspecified atom stereocenters. The summed E-state index contributed by atoms with van der Waals surface area (Å²) in [6, 6.07) is 7.66. The van der Waals surface area contributed by atoms with E-state index < -0.39 is 47.6 Å². The van der Waals surface area contributed by atoms with E-state index >= 15 is 0 Å². The molecule has 10 heteroatoms. The van der Waals surface area contributed by atoms with Gasteiger partial charge in [0, 0.05) is 0 Å². The van der Waals surface area contributed by atoms with E-state index in [9.17, 15) is 28.0 Å². The second kappa shape index (κ2) is 7.43. The molecule has 1 fully saturated rings. The van der Waals surface area contributed by atoms with Crippen LogP contribution in [0.3, 0.4) is 0 Å². The molecule has 28 heavy (non-hydrogen) atoms. The summed E-state index contributed by atoms with van der Waals surface area (Å²) in [5, 5.41) is 1.95. The second-order valence-electron chi connectivity index (χ2n) is 5.66. The lowest BCUT2D eigenvalue weighted by Gasteiger charge is -2.16. The van der Waals surface area contributed by atoms with Crippen LogP contribution < -0.4 is 15.0 Å². The Kier molecular flexibility index (Phi) is 5.03. The van der Waals surface area contributed by atoms with Gasteiger partial charge in [0.05, 0.1) is 12.8 Å². The Morgan fingerprint density at radius 3 is 2.18 bits per heavy atom. The first-order valence-electron chi connectivity index (χ1n) is 7.91. The molecule has 8 nitrogen and oxygen atoms in total. The minimum Gasteiger partial charge on any atom is -0.497 e. The summed E-state index contributed by atoms with van der Waals surface area (Å²) in [6.07, 6.45) is 0. The lowest BCUT2D eigenvalue weighted by molar-refractivity contribution is -0.140. The van der Waals surface area contributed by atoms with Crippen LogP contribution in [0.25, 0.3) is 0 Å². The molecule has 0 atom stereocenters. The molecule has 5 amide bonds. The van der Waals surface area contributed by atoms with Crippen LogP contribution in [-0.2, 0) is 14.4 Å². The highest BCUT2D eigenvalue weighted by atomic mass is 19.1. The van der Waals surface area contributed by atoms with Gasteiger partial charge in [0.1, 0.15) is 29.6 Å². The fraction of sp³-hybridized carbons (Fsp3) is 0.111. The Hall–Kier alpha value is -3.82. The number of para-hydroxylation sites is 1. The first kappa shape index (κ1) is 19.0. The maximum atomic E-state index is 13.6. The number of nitrogens with one attached hydrogen (secondary N) is 1. The lowest BCUT2D eigenvalue weighted by atomic mass is 10.3. The van der Waals surface area contributed by atoms with Crippen LogP contribution in [0.4, 0.5) is 25.0 Å². The number of hydrogen-bond acceptors (Lipinski definition) is 5. The molecule has 0 spiro atoms. The van der Waals surface area contributed by atoms with Gasteiger partial charge >= 0.3 is 17.8 Å². The Bertz CT molecular complexity index is 957. The number of ether oxygens (including phenoxy) is 1. The van der Waals surface area contributed by atoms with E-state index in [4.69, 9.17) is 4.74 Å². The zero-order valence-corrected chi connectivity index (χ0v) is 14.4. The standard InChI is InChI=1S/C18H13F2N3O5/c1-28-11-7-5-10(6-8-11)23-17(26)16(25)22(18(23)27)9-14(24)21-15-12(19)3-2-4-13(15)20/h2-8H,9H2,1H3,(H,21,24). The number of urea groups is 1. The van der Waals surface area contributed by atoms with Gasteiger partial charge in [-0.15, -0.1) is 0 Å². The van der Waals surface area contributed by atoms with Crippen LogP contribution in [-0.4, -0.2) is 42.3 Å². The normalized spacial score (nSPS) is 13.9. The van der Waals surface area contributed by atoms with Gasteiger partial charge in [-0.3, -0.25) is 14.4 Å².